The van der Waals surface area contributed by atoms with E-state index in [2.05, 4.69) is 106 Å². The smallest absolute Gasteiger partial charge is 0.195 e. The molecule has 0 amide bonds. The van der Waals surface area contributed by atoms with Crippen LogP contribution in [0.15, 0.2) is 59.3 Å². The first-order valence-electron chi connectivity index (χ1n) is 11.6. The van der Waals surface area contributed by atoms with Crippen molar-refractivity contribution in [3.05, 3.63) is 71.5 Å². The summed E-state index contributed by atoms with van der Waals surface area (Å²) in [6.07, 6.45) is 6.58. The minimum absolute atomic E-state index is 0.157. The Hall–Kier alpha value is -3.07. The molecule has 0 radical (unpaired) electrons. The van der Waals surface area contributed by atoms with Crippen molar-refractivity contribution < 1.29 is 9.10 Å². The molecule has 6 rings (SSSR count). The minimum Gasteiger partial charge on any atom is -0.454 e. The lowest BCUT2D eigenvalue weighted by molar-refractivity contribution is -0.744. The van der Waals surface area contributed by atoms with Crippen LogP contribution in [0.2, 0.25) is 0 Å². The van der Waals surface area contributed by atoms with Crippen LogP contribution in [-0.4, -0.2) is 4.68 Å². The molecular formula is C29H31N2O+. The van der Waals surface area contributed by atoms with E-state index >= 15 is 0 Å². The first-order valence-corrected chi connectivity index (χ1v) is 11.6. The summed E-state index contributed by atoms with van der Waals surface area (Å²) in [6.45, 7) is 11.7. The van der Waals surface area contributed by atoms with E-state index in [0.29, 0.717) is 0 Å². The summed E-state index contributed by atoms with van der Waals surface area (Å²) < 4.78 is 10.9. The standard InChI is InChI=1S/C29H31N2O/c1-18-8-10-20-22-16-19-9-11-23-25(29(4,5)13-12-28(23,2)3)21(19)17-24(22)32-27(20)26(18)31-15-7-14-30(31)6/h7-11,14-17H,12-13H2,1-6H3/q+1. The number of benzene rings is 3. The van der Waals surface area contributed by atoms with Gasteiger partial charge in [-0.2, -0.15) is 0 Å². The van der Waals surface area contributed by atoms with Crippen molar-refractivity contribution in [2.75, 3.05) is 0 Å². The van der Waals surface area contributed by atoms with Crippen LogP contribution in [0.1, 0.15) is 57.2 Å². The topological polar surface area (TPSA) is 21.9 Å². The van der Waals surface area contributed by atoms with Gasteiger partial charge in [0.25, 0.3) is 0 Å². The van der Waals surface area contributed by atoms with E-state index in [1.165, 1.54) is 51.1 Å². The van der Waals surface area contributed by atoms with Gasteiger partial charge in [0.15, 0.2) is 24.5 Å². The molecule has 0 atom stereocenters. The van der Waals surface area contributed by atoms with Crippen LogP contribution >= 0.6 is 0 Å². The SMILES string of the molecule is Cc1ccc2c(oc3cc4c5c(ccc4cc32)C(C)(C)CCC5(C)C)c1-n1ccc[n+]1C. The van der Waals surface area contributed by atoms with Gasteiger partial charge in [-0.15, -0.1) is 9.36 Å². The molecule has 0 aliphatic heterocycles. The molecule has 162 valence electrons. The molecule has 2 heterocycles. The molecule has 32 heavy (non-hydrogen) atoms. The average Bonchev–Trinajstić information content (AvgIpc) is 3.32. The predicted octanol–water partition coefficient (Wildman–Crippen LogP) is 7.01. The van der Waals surface area contributed by atoms with Gasteiger partial charge in [0.1, 0.15) is 5.58 Å². The molecule has 0 saturated heterocycles. The molecule has 0 fully saturated rings. The first-order chi connectivity index (χ1) is 15.2. The predicted molar refractivity (Wildman–Crippen MR) is 132 cm³/mol. The van der Waals surface area contributed by atoms with Crippen molar-refractivity contribution in [3.63, 3.8) is 0 Å². The zero-order chi connectivity index (χ0) is 22.4. The fourth-order valence-electron chi connectivity index (χ4n) is 5.86. The summed E-state index contributed by atoms with van der Waals surface area (Å²) in [7, 11) is 2.06. The number of rotatable bonds is 1. The zero-order valence-corrected chi connectivity index (χ0v) is 19.9. The lowest BCUT2D eigenvalue weighted by atomic mass is 9.62. The Kier molecular flexibility index (Phi) is 3.83. The maximum atomic E-state index is 6.63. The summed E-state index contributed by atoms with van der Waals surface area (Å²) in [5.74, 6) is 0. The average molecular weight is 424 g/mol. The van der Waals surface area contributed by atoms with E-state index in [4.69, 9.17) is 4.42 Å². The molecule has 0 N–H and O–H groups in total. The van der Waals surface area contributed by atoms with Gasteiger partial charge in [0, 0.05) is 16.8 Å². The second kappa shape index (κ2) is 6.25. The van der Waals surface area contributed by atoms with Gasteiger partial charge in [-0.1, -0.05) is 52.0 Å². The number of aromatic nitrogens is 2. The Morgan fingerprint density at radius 2 is 1.69 bits per heavy atom. The van der Waals surface area contributed by atoms with Crippen molar-refractivity contribution in [1.29, 1.82) is 0 Å². The van der Waals surface area contributed by atoms with Gasteiger partial charge in [-0.25, -0.2) is 0 Å². The van der Waals surface area contributed by atoms with Gasteiger partial charge in [0.05, 0.1) is 6.20 Å². The Morgan fingerprint density at radius 1 is 0.906 bits per heavy atom. The van der Waals surface area contributed by atoms with E-state index < -0.39 is 0 Å². The normalized spacial score (nSPS) is 17.3. The van der Waals surface area contributed by atoms with Crippen molar-refractivity contribution >= 4 is 32.7 Å². The third-order valence-corrected chi connectivity index (χ3v) is 7.83. The van der Waals surface area contributed by atoms with Crippen molar-refractivity contribution in [2.45, 2.75) is 58.3 Å². The van der Waals surface area contributed by atoms with Gasteiger partial charge >= 0.3 is 0 Å². The minimum atomic E-state index is 0.157. The maximum Gasteiger partial charge on any atom is 0.195 e. The Balaban J connectivity index is 1.72. The highest BCUT2D eigenvalue weighted by molar-refractivity contribution is 6.12. The molecule has 5 aromatic rings. The van der Waals surface area contributed by atoms with Crippen LogP contribution in [0.25, 0.3) is 38.4 Å². The largest absolute Gasteiger partial charge is 0.454 e. The lowest BCUT2D eigenvalue weighted by Crippen LogP contribution is -2.37. The van der Waals surface area contributed by atoms with Crippen LogP contribution in [0.5, 0.6) is 0 Å². The van der Waals surface area contributed by atoms with Gasteiger partial charge < -0.3 is 4.42 Å². The second-order valence-corrected chi connectivity index (χ2v) is 10.9. The zero-order valence-electron chi connectivity index (χ0n) is 19.9. The monoisotopic (exact) mass is 423 g/mol. The fraction of sp³-hybridized carbons (Fsp3) is 0.345. The van der Waals surface area contributed by atoms with Crippen LogP contribution in [0.4, 0.5) is 0 Å². The molecule has 1 aliphatic carbocycles. The quantitative estimate of drug-likeness (QED) is 0.266. The van der Waals surface area contributed by atoms with E-state index in [1.807, 2.05) is 0 Å². The van der Waals surface area contributed by atoms with Crippen LogP contribution < -0.4 is 4.68 Å². The Morgan fingerprint density at radius 3 is 2.44 bits per heavy atom. The molecule has 3 aromatic carbocycles. The Labute approximate surface area is 189 Å². The summed E-state index contributed by atoms with van der Waals surface area (Å²) in [6, 6.07) is 15.8. The number of fused-ring (bicyclic) bond motifs is 6. The summed E-state index contributed by atoms with van der Waals surface area (Å²) >= 11 is 0. The molecule has 0 bridgehead atoms. The van der Waals surface area contributed by atoms with Crippen LogP contribution in [0.3, 0.4) is 0 Å². The number of hydrogen-bond donors (Lipinski definition) is 0. The summed E-state index contributed by atoms with van der Waals surface area (Å²) in [5.41, 5.74) is 7.60. The van der Waals surface area contributed by atoms with Crippen LogP contribution in [-0.2, 0) is 17.9 Å². The number of nitrogens with zero attached hydrogens (tertiary/aromatic N) is 2. The van der Waals surface area contributed by atoms with E-state index in [-0.39, 0.29) is 10.8 Å². The lowest BCUT2D eigenvalue weighted by Gasteiger charge is -2.42. The summed E-state index contributed by atoms with van der Waals surface area (Å²) in [4.78, 5) is 0. The van der Waals surface area contributed by atoms with E-state index in [9.17, 15) is 0 Å². The third kappa shape index (κ3) is 2.57. The highest BCUT2D eigenvalue weighted by atomic mass is 16.3. The van der Waals surface area contributed by atoms with Gasteiger partial charge in [-0.3, -0.25) is 0 Å². The van der Waals surface area contributed by atoms with E-state index in [1.54, 1.807) is 0 Å². The molecule has 3 nitrogen and oxygen atoms in total. The molecule has 0 spiro atoms. The maximum absolute atomic E-state index is 6.63. The van der Waals surface area contributed by atoms with E-state index in [0.717, 1.165) is 16.9 Å². The van der Waals surface area contributed by atoms with Gasteiger partial charge in [0.2, 0.25) is 0 Å². The molecular weight excluding hydrogens is 392 g/mol. The molecule has 2 aromatic heterocycles. The second-order valence-electron chi connectivity index (χ2n) is 10.9. The number of hydrogen-bond acceptors (Lipinski definition) is 1. The molecule has 0 unspecified atom stereocenters. The fourth-order valence-corrected chi connectivity index (χ4v) is 5.86. The molecule has 1 aliphatic rings. The highest BCUT2D eigenvalue weighted by Gasteiger charge is 2.38. The number of aryl methyl sites for hydroxylation is 2. The Bertz CT molecular complexity index is 1540. The van der Waals surface area contributed by atoms with Crippen LogP contribution in [0, 0.1) is 6.92 Å². The van der Waals surface area contributed by atoms with Crippen molar-refractivity contribution in [3.8, 4) is 5.69 Å². The molecule has 3 heteroatoms. The van der Waals surface area contributed by atoms with Gasteiger partial charge in [-0.05, 0) is 70.2 Å². The van der Waals surface area contributed by atoms with Crippen molar-refractivity contribution in [2.24, 2.45) is 7.05 Å². The highest BCUT2D eigenvalue weighted by Crippen LogP contribution is 2.49. The first kappa shape index (κ1) is 19.6. The summed E-state index contributed by atoms with van der Waals surface area (Å²) in [5, 5.41) is 5.01. The molecule has 0 saturated carbocycles. The number of furan rings is 1. The third-order valence-electron chi connectivity index (χ3n) is 7.83. The van der Waals surface area contributed by atoms with Crippen molar-refractivity contribution in [1.82, 2.24) is 4.68 Å².